The second-order valence-corrected chi connectivity index (χ2v) is 9.59. The lowest BCUT2D eigenvalue weighted by Gasteiger charge is -2.13. The maximum Gasteiger partial charge on any atom is 0.367 e. The van der Waals surface area contributed by atoms with Crippen LogP contribution in [0.3, 0.4) is 0 Å². The van der Waals surface area contributed by atoms with Crippen molar-refractivity contribution >= 4 is 11.9 Å². The molecular weight excluding hydrogens is 520 g/mol. The van der Waals surface area contributed by atoms with E-state index in [-0.39, 0.29) is 6.42 Å². The summed E-state index contributed by atoms with van der Waals surface area (Å²) in [6.45, 7) is 0.425. The highest BCUT2D eigenvalue weighted by Crippen LogP contribution is 2.17. The monoisotopic (exact) mass is 555 g/mol. The van der Waals surface area contributed by atoms with Gasteiger partial charge in [0.1, 0.15) is 30.8 Å². The molecule has 0 heterocycles. The largest absolute Gasteiger partial charge is 0.489 e. The van der Waals surface area contributed by atoms with Crippen molar-refractivity contribution in [2.75, 3.05) is 6.79 Å². The van der Waals surface area contributed by atoms with E-state index in [0.717, 1.165) is 33.8 Å². The van der Waals surface area contributed by atoms with Crippen molar-refractivity contribution in [2.24, 2.45) is 5.73 Å². The van der Waals surface area contributed by atoms with Crippen LogP contribution in [0.2, 0.25) is 0 Å². The highest BCUT2D eigenvalue weighted by atomic mass is 16.7. The maximum absolute atomic E-state index is 12.3. The minimum atomic E-state index is -0.900. The average molecular weight is 556 g/mol. The van der Waals surface area contributed by atoms with Crippen LogP contribution in [0, 0.1) is 0 Å². The predicted molar refractivity (Wildman–Crippen MR) is 154 cm³/mol. The second kappa shape index (κ2) is 15.2. The molecule has 0 aliphatic carbocycles. The number of nitrogens with two attached hydrogens (primary N) is 1. The van der Waals surface area contributed by atoms with E-state index in [1.54, 1.807) is 0 Å². The molecule has 0 radical (unpaired) electrons. The van der Waals surface area contributed by atoms with Crippen molar-refractivity contribution in [3.63, 3.8) is 0 Å². The first-order valence-corrected chi connectivity index (χ1v) is 13.4. The van der Waals surface area contributed by atoms with E-state index in [1.165, 1.54) is 0 Å². The number of rotatable bonds is 14. The van der Waals surface area contributed by atoms with Crippen LogP contribution in [0.25, 0.3) is 0 Å². The van der Waals surface area contributed by atoms with Gasteiger partial charge in [-0.3, -0.25) is 4.79 Å². The van der Waals surface area contributed by atoms with E-state index in [0.29, 0.717) is 19.6 Å². The molecule has 0 aromatic heterocycles. The van der Waals surface area contributed by atoms with Gasteiger partial charge in [-0.25, -0.2) is 4.79 Å². The number of ether oxygens (including phenoxy) is 4. The highest BCUT2D eigenvalue weighted by Gasteiger charge is 2.21. The topological polar surface area (TPSA) is 125 Å². The molecule has 4 rings (SSSR count). The summed E-state index contributed by atoms with van der Waals surface area (Å²) >= 11 is 0. The van der Waals surface area contributed by atoms with Gasteiger partial charge >= 0.3 is 11.9 Å². The molecule has 0 aliphatic heterocycles. The van der Waals surface area contributed by atoms with Gasteiger partial charge in [0.05, 0.1) is 0 Å². The molecule has 0 aliphatic rings. The van der Waals surface area contributed by atoms with Gasteiger partial charge in [0, 0.05) is 6.42 Å². The zero-order valence-corrected chi connectivity index (χ0v) is 22.8. The van der Waals surface area contributed by atoms with Crippen molar-refractivity contribution < 1.29 is 34.3 Å². The van der Waals surface area contributed by atoms with Crippen LogP contribution < -0.4 is 20.9 Å². The zero-order chi connectivity index (χ0) is 28.9. The summed E-state index contributed by atoms with van der Waals surface area (Å²) in [5.74, 6) is 0.225. The lowest BCUT2D eigenvalue weighted by atomic mass is 10.1. The lowest BCUT2D eigenvalue weighted by Crippen LogP contribution is -2.66. The van der Waals surface area contributed by atoms with Gasteiger partial charge in [-0.1, -0.05) is 84.9 Å². The van der Waals surface area contributed by atoms with E-state index in [1.807, 2.05) is 109 Å². The molecule has 0 saturated carbocycles. The Bertz CT molecular complexity index is 1260. The third kappa shape index (κ3) is 9.79. The molecular formula is C33H35N2O6+. The fourth-order valence-electron chi connectivity index (χ4n) is 4.00. The first kappa shape index (κ1) is 29.3. The molecule has 0 saturated heterocycles. The SMILES string of the molecule is NC(Cc1ccc(OCc2ccccc2)cc1)C(=O)OCOC(=O)C([NH3+])Cc1ccc(OCc2ccccc2)cc1. The molecule has 0 fully saturated rings. The Morgan fingerprint density at radius 2 is 1.02 bits per heavy atom. The number of carbonyl (C=O) groups excluding carboxylic acids is 2. The maximum atomic E-state index is 12.3. The summed E-state index contributed by atoms with van der Waals surface area (Å²) in [6.07, 6.45) is 0.644. The van der Waals surface area contributed by atoms with Crippen molar-refractivity contribution in [1.29, 1.82) is 0 Å². The predicted octanol–water partition coefficient (Wildman–Crippen LogP) is 3.61. The minimum Gasteiger partial charge on any atom is -0.489 e. The lowest BCUT2D eigenvalue weighted by molar-refractivity contribution is -0.408. The van der Waals surface area contributed by atoms with Gasteiger partial charge < -0.3 is 30.4 Å². The molecule has 41 heavy (non-hydrogen) atoms. The molecule has 0 bridgehead atoms. The van der Waals surface area contributed by atoms with Crippen LogP contribution in [0.4, 0.5) is 0 Å². The summed E-state index contributed by atoms with van der Waals surface area (Å²) in [5, 5.41) is 0. The van der Waals surface area contributed by atoms with E-state index >= 15 is 0 Å². The second-order valence-electron chi connectivity index (χ2n) is 9.59. The van der Waals surface area contributed by atoms with Crippen LogP contribution >= 0.6 is 0 Å². The Morgan fingerprint density at radius 3 is 1.51 bits per heavy atom. The van der Waals surface area contributed by atoms with E-state index in [4.69, 9.17) is 24.7 Å². The third-order valence-electron chi connectivity index (χ3n) is 6.32. The van der Waals surface area contributed by atoms with Crippen LogP contribution in [-0.4, -0.2) is 30.8 Å². The van der Waals surface area contributed by atoms with Crippen LogP contribution in [0.1, 0.15) is 22.3 Å². The number of hydrogen-bond donors (Lipinski definition) is 2. The Hall–Kier alpha value is -4.66. The van der Waals surface area contributed by atoms with Crippen LogP contribution in [0.15, 0.2) is 109 Å². The number of carbonyl (C=O) groups is 2. The van der Waals surface area contributed by atoms with Crippen LogP contribution in [0.5, 0.6) is 11.5 Å². The molecule has 8 nitrogen and oxygen atoms in total. The molecule has 4 aromatic rings. The van der Waals surface area contributed by atoms with Gasteiger partial charge in [-0.2, -0.15) is 0 Å². The van der Waals surface area contributed by atoms with Crippen LogP contribution in [-0.2, 0) is 45.1 Å². The standard InChI is InChI=1S/C33H34N2O6/c34-30(19-24-11-15-28(16-12-24)38-21-26-7-3-1-4-8-26)32(36)40-23-41-33(37)31(35)20-25-13-17-29(18-14-25)39-22-27-9-5-2-6-10-27/h1-18,30-31H,19-23,34-35H2/p+1. The number of benzene rings is 4. The van der Waals surface area contributed by atoms with Gasteiger partial charge in [0.15, 0.2) is 6.04 Å². The van der Waals surface area contributed by atoms with Crippen molar-refractivity contribution in [3.05, 3.63) is 131 Å². The number of esters is 2. The Kier molecular flexibility index (Phi) is 10.9. The normalized spacial score (nSPS) is 12.1. The first-order valence-electron chi connectivity index (χ1n) is 13.4. The Balaban J connectivity index is 1.13. The first-order chi connectivity index (χ1) is 20.0. The molecule has 0 amide bonds. The summed E-state index contributed by atoms with van der Waals surface area (Å²) in [7, 11) is 0. The Labute approximate surface area is 239 Å². The third-order valence-corrected chi connectivity index (χ3v) is 6.32. The number of hydrogen-bond acceptors (Lipinski definition) is 7. The minimum absolute atomic E-state index is 0.273. The van der Waals surface area contributed by atoms with E-state index < -0.39 is 30.8 Å². The molecule has 212 valence electrons. The number of quaternary nitrogens is 1. The highest BCUT2D eigenvalue weighted by molar-refractivity contribution is 5.77. The smallest absolute Gasteiger partial charge is 0.367 e. The van der Waals surface area contributed by atoms with Crippen molar-refractivity contribution in [1.82, 2.24) is 0 Å². The molecule has 5 N–H and O–H groups in total. The zero-order valence-electron chi connectivity index (χ0n) is 22.8. The fraction of sp³-hybridized carbons (Fsp3) is 0.212. The summed E-state index contributed by atoms with van der Waals surface area (Å²) in [4.78, 5) is 24.6. The van der Waals surface area contributed by atoms with E-state index in [2.05, 4.69) is 5.73 Å². The molecule has 4 aromatic carbocycles. The summed E-state index contributed by atoms with van der Waals surface area (Å²) in [5.41, 5.74) is 13.8. The molecule has 2 unspecified atom stereocenters. The quantitative estimate of drug-likeness (QED) is 0.180. The van der Waals surface area contributed by atoms with Gasteiger partial charge in [0.2, 0.25) is 6.79 Å². The molecule has 8 heteroatoms. The van der Waals surface area contributed by atoms with Gasteiger partial charge in [-0.15, -0.1) is 0 Å². The van der Waals surface area contributed by atoms with Gasteiger partial charge in [-0.05, 0) is 52.9 Å². The van der Waals surface area contributed by atoms with Crippen molar-refractivity contribution in [2.45, 2.75) is 38.1 Å². The Morgan fingerprint density at radius 1 is 0.585 bits per heavy atom. The van der Waals surface area contributed by atoms with Crippen molar-refractivity contribution in [3.8, 4) is 11.5 Å². The average Bonchev–Trinajstić information content (AvgIpc) is 3.01. The van der Waals surface area contributed by atoms with E-state index in [9.17, 15) is 9.59 Å². The summed E-state index contributed by atoms with van der Waals surface area (Å²) < 4.78 is 21.7. The summed E-state index contributed by atoms with van der Waals surface area (Å²) in [6, 6.07) is 33.0. The van der Waals surface area contributed by atoms with Gasteiger partial charge in [0.25, 0.3) is 0 Å². The molecule has 0 spiro atoms. The molecule has 2 atom stereocenters. The fourth-order valence-corrected chi connectivity index (χ4v) is 4.00.